The molecule has 0 aliphatic heterocycles. The highest BCUT2D eigenvalue weighted by molar-refractivity contribution is 7.15. The molecule has 0 aliphatic carbocycles. The van der Waals surface area contributed by atoms with Crippen LogP contribution in [-0.4, -0.2) is 27.9 Å². The van der Waals surface area contributed by atoms with Crippen molar-refractivity contribution < 1.29 is 9.90 Å². The van der Waals surface area contributed by atoms with E-state index >= 15 is 0 Å². The average molecular weight is 229 g/mol. The summed E-state index contributed by atoms with van der Waals surface area (Å²) in [6, 6.07) is 0. The van der Waals surface area contributed by atoms with Crippen LogP contribution >= 0.6 is 11.3 Å². The fraction of sp³-hybridized carbons (Fsp3) is 0.667. The molecule has 0 aliphatic rings. The van der Waals surface area contributed by atoms with E-state index in [0.29, 0.717) is 17.6 Å². The molecule has 0 aromatic carbocycles. The fourth-order valence-corrected chi connectivity index (χ4v) is 2.25. The van der Waals surface area contributed by atoms with E-state index in [1.165, 1.54) is 16.2 Å². The van der Waals surface area contributed by atoms with E-state index in [-0.39, 0.29) is 0 Å². The Morgan fingerprint density at radius 3 is 2.67 bits per heavy atom. The summed E-state index contributed by atoms with van der Waals surface area (Å²) in [4.78, 5) is 12.0. The van der Waals surface area contributed by atoms with Gasteiger partial charge in [0.15, 0.2) is 0 Å². The number of nitrogens with zero attached hydrogens (tertiary/aromatic N) is 3. The third-order valence-corrected chi connectivity index (χ3v) is 2.79. The molecular weight excluding hydrogens is 214 g/mol. The van der Waals surface area contributed by atoms with Crippen LogP contribution in [-0.2, 0) is 6.42 Å². The minimum Gasteiger partial charge on any atom is -0.465 e. The predicted molar refractivity (Wildman–Crippen MR) is 59.5 cm³/mol. The lowest BCUT2D eigenvalue weighted by Gasteiger charge is -2.11. The van der Waals surface area contributed by atoms with Crippen LogP contribution in [0.15, 0.2) is 0 Å². The summed E-state index contributed by atoms with van der Waals surface area (Å²) in [6.45, 7) is 6.36. The Balaban J connectivity index is 2.78. The zero-order chi connectivity index (χ0) is 11.4. The maximum Gasteiger partial charge on any atom is 0.413 e. The molecule has 0 spiro atoms. The summed E-state index contributed by atoms with van der Waals surface area (Å²) < 4.78 is 0. The highest BCUT2D eigenvalue weighted by Crippen LogP contribution is 2.22. The van der Waals surface area contributed by atoms with Gasteiger partial charge in [0.05, 0.1) is 0 Å². The van der Waals surface area contributed by atoms with Gasteiger partial charge in [-0.15, -0.1) is 10.2 Å². The Hall–Kier alpha value is -1.17. The third kappa shape index (κ3) is 3.16. The topological polar surface area (TPSA) is 66.3 Å². The summed E-state index contributed by atoms with van der Waals surface area (Å²) in [7, 11) is 0. The number of hydrogen-bond donors (Lipinski definition) is 1. The average Bonchev–Trinajstić information content (AvgIpc) is 2.52. The minimum atomic E-state index is -0.982. The molecule has 1 amide bonds. The van der Waals surface area contributed by atoms with E-state index in [1.807, 2.05) is 0 Å². The predicted octanol–water partition coefficient (Wildman–Crippen LogP) is 2.24. The van der Waals surface area contributed by atoms with Crippen molar-refractivity contribution in [1.82, 2.24) is 10.2 Å². The van der Waals surface area contributed by atoms with Gasteiger partial charge < -0.3 is 5.11 Å². The van der Waals surface area contributed by atoms with Crippen molar-refractivity contribution in [3.8, 4) is 0 Å². The van der Waals surface area contributed by atoms with Crippen LogP contribution < -0.4 is 4.90 Å². The summed E-state index contributed by atoms with van der Waals surface area (Å²) in [5.74, 6) is 0.505. The Morgan fingerprint density at radius 1 is 1.53 bits per heavy atom. The molecule has 1 aromatic rings. The van der Waals surface area contributed by atoms with Crippen molar-refractivity contribution in [1.29, 1.82) is 0 Å². The van der Waals surface area contributed by atoms with Crippen LogP contribution in [0.5, 0.6) is 0 Å². The summed E-state index contributed by atoms with van der Waals surface area (Å²) >= 11 is 1.35. The molecule has 0 radical (unpaired) electrons. The summed E-state index contributed by atoms with van der Waals surface area (Å²) in [5.41, 5.74) is 0. The third-order valence-electron chi connectivity index (χ3n) is 1.82. The molecular formula is C9H15N3O2S. The highest BCUT2D eigenvalue weighted by atomic mass is 32.1. The monoisotopic (exact) mass is 229 g/mol. The smallest absolute Gasteiger partial charge is 0.413 e. The quantitative estimate of drug-likeness (QED) is 0.859. The number of hydrogen-bond acceptors (Lipinski definition) is 4. The van der Waals surface area contributed by atoms with Gasteiger partial charge in [-0.3, -0.25) is 4.90 Å². The maximum absolute atomic E-state index is 10.8. The standard InChI is InChI=1S/C9H15N3O2S/c1-4-12(9(13)14)8-11-10-7(15-8)5-6(2)3/h6H,4-5H2,1-3H3,(H,13,14). The van der Waals surface area contributed by atoms with E-state index in [4.69, 9.17) is 5.11 Å². The molecule has 0 unspecified atom stereocenters. The molecule has 1 aromatic heterocycles. The zero-order valence-electron chi connectivity index (χ0n) is 9.10. The number of carbonyl (C=O) groups is 1. The Labute approximate surface area is 92.7 Å². The van der Waals surface area contributed by atoms with E-state index in [0.717, 1.165) is 11.4 Å². The molecule has 1 N–H and O–H groups in total. The Kier molecular flexibility index (Phi) is 4.02. The van der Waals surface area contributed by atoms with Gasteiger partial charge >= 0.3 is 6.09 Å². The van der Waals surface area contributed by atoms with Gasteiger partial charge in [0.1, 0.15) is 5.01 Å². The summed E-state index contributed by atoms with van der Waals surface area (Å²) in [5, 5.41) is 18.1. The van der Waals surface area contributed by atoms with Crippen LogP contribution in [0.2, 0.25) is 0 Å². The van der Waals surface area contributed by atoms with Gasteiger partial charge in [-0.05, 0) is 12.8 Å². The lowest BCUT2D eigenvalue weighted by atomic mass is 10.1. The second-order valence-corrected chi connectivity index (χ2v) is 4.64. The number of amides is 1. The molecule has 1 heterocycles. The molecule has 0 fully saturated rings. The molecule has 5 nitrogen and oxygen atoms in total. The highest BCUT2D eigenvalue weighted by Gasteiger charge is 2.17. The van der Waals surface area contributed by atoms with Gasteiger partial charge in [-0.25, -0.2) is 4.79 Å². The largest absolute Gasteiger partial charge is 0.465 e. The molecule has 1 rings (SSSR count). The first kappa shape index (κ1) is 11.9. The number of carboxylic acid groups (broad SMARTS) is 1. The first-order chi connectivity index (χ1) is 7.04. The SMILES string of the molecule is CCN(C(=O)O)c1nnc(CC(C)C)s1. The van der Waals surface area contributed by atoms with Crippen molar-refractivity contribution in [2.75, 3.05) is 11.4 Å². The van der Waals surface area contributed by atoms with Crippen LogP contribution in [0.1, 0.15) is 25.8 Å². The lowest BCUT2D eigenvalue weighted by molar-refractivity contribution is 0.202. The molecule has 6 heteroatoms. The van der Waals surface area contributed by atoms with E-state index < -0.39 is 6.09 Å². The minimum absolute atomic E-state index is 0.394. The number of anilines is 1. The molecule has 0 saturated heterocycles. The fourth-order valence-electron chi connectivity index (χ4n) is 1.14. The van der Waals surface area contributed by atoms with Crippen molar-refractivity contribution in [3.05, 3.63) is 5.01 Å². The second-order valence-electron chi connectivity index (χ2n) is 3.60. The van der Waals surface area contributed by atoms with E-state index in [1.54, 1.807) is 6.92 Å². The molecule has 0 atom stereocenters. The van der Waals surface area contributed by atoms with Crippen molar-refractivity contribution in [3.63, 3.8) is 0 Å². The molecule has 0 saturated carbocycles. The maximum atomic E-state index is 10.8. The van der Waals surface area contributed by atoms with Crippen LogP contribution in [0.3, 0.4) is 0 Å². The van der Waals surface area contributed by atoms with Crippen LogP contribution in [0, 0.1) is 5.92 Å². The van der Waals surface area contributed by atoms with E-state index in [2.05, 4.69) is 24.0 Å². The van der Waals surface area contributed by atoms with Crippen LogP contribution in [0.25, 0.3) is 0 Å². The Morgan fingerprint density at radius 2 is 2.20 bits per heavy atom. The van der Waals surface area contributed by atoms with Crippen molar-refractivity contribution >= 4 is 22.6 Å². The first-order valence-electron chi connectivity index (χ1n) is 4.87. The van der Waals surface area contributed by atoms with Crippen LogP contribution in [0.4, 0.5) is 9.93 Å². The Bertz CT molecular complexity index is 338. The first-order valence-corrected chi connectivity index (χ1v) is 5.69. The van der Waals surface area contributed by atoms with Gasteiger partial charge in [-0.1, -0.05) is 25.2 Å². The molecule has 15 heavy (non-hydrogen) atoms. The molecule has 0 bridgehead atoms. The number of rotatable bonds is 4. The normalized spacial score (nSPS) is 10.7. The van der Waals surface area contributed by atoms with Crippen molar-refractivity contribution in [2.24, 2.45) is 5.92 Å². The zero-order valence-corrected chi connectivity index (χ0v) is 9.91. The van der Waals surface area contributed by atoms with Crippen molar-refractivity contribution in [2.45, 2.75) is 27.2 Å². The molecule has 84 valence electrons. The second kappa shape index (κ2) is 5.06. The number of aromatic nitrogens is 2. The summed E-state index contributed by atoms with van der Waals surface area (Å²) in [6.07, 6.45) is -0.140. The lowest BCUT2D eigenvalue weighted by Crippen LogP contribution is -2.28. The van der Waals surface area contributed by atoms with Gasteiger partial charge in [0.25, 0.3) is 0 Å². The van der Waals surface area contributed by atoms with Gasteiger partial charge in [0, 0.05) is 13.0 Å². The van der Waals surface area contributed by atoms with Gasteiger partial charge in [-0.2, -0.15) is 0 Å². The van der Waals surface area contributed by atoms with E-state index in [9.17, 15) is 4.79 Å². The van der Waals surface area contributed by atoms with Gasteiger partial charge in [0.2, 0.25) is 5.13 Å².